The first-order valence-electron chi connectivity index (χ1n) is 10.4. The van der Waals surface area contributed by atoms with Crippen LogP contribution >= 0.6 is 22.9 Å². The minimum absolute atomic E-state index is 0.0345. The maximum Gasteiger partial charge on any atom is 0.416 e. The molecule has 0 radical (unpaired) electrons. The summed E-state index contributed by atoms with van der Waals surface area (Å²) in [5, 5.41) is 2.50. The van der Waals surface area contributed by atoms with Gasteiger partial charge in [-0.05, 0) is 41.3 Å². The standard InChI is InChI=1S/C24H22ClF3N2O2S/c25-20-5-2-6-21(13-20)32-15-18-12-22(33-16-18)23(31)30-9-7-29(8-10-30)14-17-3-1-4-19(11-17)24(26,27)28/h1-6,11-13,16H,7-10,14-15H2. The highest BCUT2D eigenvalue weighted by Crippen LogP contribution is 2.30. The van der Waals surface area contributed by atoms with E-state index in [9.17, 15) is 18.0 Å². The average molecular weight is 495 g/mol. The van der Waals surface area contributed by atoms with Crippen molar-refractivity contribution < 1.29 is 22.7 Å². The minimum atomic E-state index is -4.35. The summed E-state index contributed by atoms with van der Waals surface area (Å²) >= 11 is 7.34. The SMILES string of the molecule is O=C(c1cc(COc2cccc(Cl)c2)cs1)N1CCN(Cc2cccc(C(F)(F)F)c2)CC1. The van der Waals surface area contributed by atoms with Crippen LogP contribution in [-0.4, -0.2) is 41.9 Å². The van der Waals surface area contributed by atoms with Crippen LogP contribution in [0.4, 0.5) is 13.2 Å². The van der Waals surface area contributed by atoms with Crippen LogP contribution in [0, 0.1) is 0 Å². The van der Waals surface area contributed by atoms with E-state index in [4.69, 9.17) is 16.3 Å². The van der Waals surface area contributed by atoms with E-state index in [1.165, 1.54) is 23.5 Å². The fraction of sp³-hybridized carbons (Fsp3) is 0.292. The van der Waals surface area contributed by atoms with Crippen LogP contribution in [-0.2, 0) is 19.3 Å². The van der Waals surface area contributed by atoms with E-state index in [2.05, 4.69) is 4.90 Å². The fourth-order valence-electron chi connectivity index (χ4n) is 3.66. The Morgan fingerprint density at radius 3 is 2.48 bits per heavy atom. The Bertz CT molecular complexity index is 1110. The highest BCUT2D eigenvalue weighted by Gasteiger charge is 2.30. The highest BCUT2D eigenvalue weighted by molar-refractivity contribution is 7.12. The van der Waals surface area contributed by atoms with E-state index < -0.39 is 11.7 Å². The molecule has 3 aromatic rings. The quantitative estimate of drug-likeness (QED) is 0.424. The van der Waals surface area contributed by atoms with Crippen LogP contribution in [0.15, 0.2) is 60.0 Å². The van der Waals surface area contributed by atoms with Crippen LogP contribution < -0.4 is 4.74 Å². The Hall–Kier alpha value is -2.55. The lowest BCUT2D eigenvalue weighted by Crippen LogP contribution is -2.48. The van der Waals surface area contributed by atoms with Crippen molar-refractivity contribution in [1.82, 2.24) is 9.80 Å². The molecule has 174 valence electrons. The molecule has 1 amide bonds. The summed E-state index contributed by atoms with van der Waals surface area (Å²) in [6.07, 6.45) is -4.35. The van der Waals surface area contributed by atoms with Crippen molar-refractivity contribution in [2.24, 2.45) is 0 Å². The first-order valence-corrected chi connectivity index (χ1v) is 11.7. The molecule has 1 saturated heterocycles. The molecule has 0 aliphatic carbocycles. The zero-order valence-corrected chi connectivity index (χ0v) is 19.2. The number of thiophene rings is 1. The van der Waals surface area contributed by atoms with Gasteiger partial charge in [0.05, 0.1) is 10.4 Å². The predicted molar refractivity (Wildman–Crippen MR) is 123 cm³/mol. The summed E-state index contributed by atoms with van der Waals surface area (Å²) < 4.78 is 44.5. The van der Waals surface area contributed by atoms with E-state index in [1.54, 1.807) is 23.1 Å². The lowest BCUT2D eigenvalue weighted by atomic mass is 10.1. The van der Waals surface area contributed by atoms with Gasteiger partial charge in [0.25, 0.3) is 5.91 Å². The van der Waals surface area contributed by atoms with E-state index in [0.29, 0.717) is 60.5 Å². The molecular weight excluding hydrogens is 473 g/mol. The van der Waals surface area contributed by atoms with Gasteiger partial charge in [0, 0.05) is 43.3 Å². The van der Waals surface area contributed by atoms with Gasteiger partial charge < -0.3 is 9.64 Å². The number of hydrogen-bond acceptors (Lipinski definition) is 4. The molecule has 2 heterocycles. The van der Waals surface area contributed by atoms with Crippen LogP contribution in [0.2, 0.25) is 5.02 Å². The zero-order valence-electron chi connectivity index (χ0n) is 17.6. The number of amides is 1. The van der Waals surface area contributed by atoms with Gasteiger partial charge in [0.15, 0.2) is 0 Å². The lowest BCUT2D eigenvalue weighted by molar-refractivity contribution is -0.137. The number of piperazine rings is 1. The van der Waals surface area contributed by atoms with Crippen LogP contribution in [0.5, 0.6) is 5.75 Å². The molecule has 1 aromatic heterocycles. The molecule has 1 aliphatic rings. The van der Waals surface area contributed by atoms with Crippen molar-refractivity contribution in [2.75, 3.05) is 26.2 Å². The normalized spacial score (nSPS) is 15.0. The summed E-state index contributed by atoms with van der Waals surface area (Å²) in [5.41, 5.74) is 0.889. The number of hydrogen-bond donors (Lipinski definition) is 0. The first kappa shape index (κ1) is 23.6. The van der Waals surface area contributed by atoms with Gasteiger partial charge in [-0.3, -0.25) is 9.69 Å². The molecule has 1 fully saturated rings. The number of alkyl halides is 3. The van der Waals surface area contributed by atoms with E-state index in [0.717, 1.165) is 11.6 Å². The van der Waals surface area contributed by atoms with Crippen molar-refractivity contribution >= 4 is 28.8 Å². The molecule has 0 unspecified atom stereocenters. The molecule has 0 saturated carbocycles. The van der Waals surface area contributed by atoms with E-state index >= 15 is 0 Å². The molecule has 4 nitrogen and oxygen atoms in total. The number of carbonyl (C=O) groups excluding carboxylic acids is 1. The Morgan fingerprint density at radius 2 is 1.76 bits per heavy atom. The third-order valence-corrected chi connectivity index (χ3v) is 6.59. The molecule has 4 rings (SSSR count). The summed E-state index contributed by atoms with van der Waals surface area (Å²) in [7, 11) is 0. The number of nitrogens with zero attached hydrogens (tertiary/aromatic N) is 2. The summed E-state index contributed by atoms with van der Waals surface area (Å²) in [5.74, 6) is 0.631. The van der Waals surface area contributed by atoms with Gasteiger partial charge in [-0.25, -0.2) is 0 Å². The molecule has 33 heavy (non-hydrogen) atoms. The predicted octanol–water partition coefficient (Wildman–Crippen LogP) is 5.96. The molecule has 0 N–H and O–H groups in total. The maximum absolute atomic E-state index is 12.9. The second kappa shape index (κ2) is 10.2. The van der Waals surface area contributed by atoms with Gasteiger partial charge in [-0.2, -0.15) is 13.2 Å². The molecular formula is C24H22ClF3N2O2S. The largest absolute Gasteiger partial charge is 0.489 e. The topological polar surface area (TPSA) is 32.8 Å². The zero-order chi connectivity index (χ0) is 23.4. The van der Waals surface area contributed by atoms with E-state index in [1.807, 2.05) is 23.6 Å². The summed E-state index contributed by atoms with van der Waals surface area (Å²) in [6.45, 7) is 3.05. The van der Waals surface area contributed by atoms with Crippen molar-refractivity contribution in [3.8, 4) is 5.75 Å². The first-order chi connectivity index (χ1) is 15.8. The third-order valence-electron chi connectivity index (χ3n) is 5.39. The smallest absolute Gasteiger partial charge is 0.416 e. The minimum Gasteiger partial charge on any atom is -0.489 e. The van der Waals surface area contributed by atoms with Crippen molar-refractivity contribution in [3.05, 3.63) is 86.6 Å². The monoisotopic (exact) mass is 494 g/mol. The second-order valence-corrected chi connectivity index (χ2v) is 9.18. The van der Waals surface area contributed by atoms with Gasteiger partial charge in [0.2, 0.25) is 0 Å². The van der Waals surface area contributed by atoms with Crippen LogP contribution in [0.1, 0.15) is 26.4 Å². The van der Waals surface area contributed by atoms with Gasteiger partial charge in [0.1, 0.15) is 12.4 Å². The Balaban J connectivity index is 1.28. The fourth-order valence-corrected chi connectivity index (χ4v) is 4.70. The summed E-state index contributed by atoms with van der Waals surface area (Å²) in [4.78, 5) is 17.4. The van der Waals surface area contributed by atoms with Crippen molar-refractivity contribution in [3.63, 3.8) is 0 Å². The number of carbonyl (C=O) groups is 1. The molecule has 0 spiro atoms. The number of ether oxygens (including phenoxy) is 1. The molecule has 9 heteroatoms. The average Bonchev–Trinajstić information content (AvgIpc) is 3.27. The third kappa shape index (κ3) is 6.28. The van der Waals surface area contributed by atoms with Gasteiger partial charge in [-0.1, -0.05) is 35.9 Å². The molecule has 2 aromatic carbocycles. The van der Waals surface area contributed by atoms with Crippen LogP contribution in [0.25, 0.3) is 0 Å². The number of rotatable bonds is 6. The molecule has 1 aliphatic heterocycles. The highest BCUT2D eigenvalue weighted by atomic mass is 35.5. The Labute approximate surface area is 199 Å². The Kier molecular flexibility index (Phi) is 7.26. The number of benzene rings is 2. The lowest BCUT2D eigenvalue weighted by Gasteiger charge is -2.34. The van der Waals surface area contributed by atoms with Gasteiger partial charge in [-0.15, -0.1) is 11.3 Å². The number of halogens is 4. The Morgan fingerprint density at radius 1 is 1.00 bits per heavy atom. The van der Waals surface area contributed by atoms with Crippen molar-refractivity contribution in [1.29, 1.82) is 0 Å². The van der Waals surface area contributed by atoms with Gasteiger partial charge >= 0.3 is 6.18 Å². The maximum atomic E-state index is 12.9. The second-order valence-electron chi connectivity index (χ2n) is 7.83. The van der Waals surface area contributed by atoms with Crippen LogP contribution in [0.3, 0.4) is 0 Å². The van der Waals surface area contributed by atoms with Crippen molar-refractivity contribution in [2.45, 2.75) is 19.3 Å². The molecule has 0 bridgehead atoms. The van der Waals surface area contributed by atoms with E-state index in [-0.39, 0.29) is 5.91 Å². The summed E-state index contributed by atoms with van der Waals surface area (Å²) in [6, 6.07) is 14.4. The molecule has 0 atom stereocenters.